The van der Waals surface area contributed by atoms with Gasteiger partial charge in [-0.25, -0.2) is 0 Å². The predicted octanol–water partition coefficient (Wildman–Crippen LogP) is 2.08. The minimum atomic E-state index is -1.97. The van der Waals surface area contributed by atoms with E-state index in [1.54, 1.807) is 19.2 Å². The second-order valence-electron chi connectivity index (χ2n) is 6.08. The lowest BCUT2D eigenvalue weighted by molar-refractivity contribution is -0.155. The number of amides is 2. The normalized spacial score (nSPS) is 19.3. The number of likely N-dealkylation sites (N-methyl/N-ethyl adjacent to an activating group) is 1. The van der Waals surface area contributed by atoms with Crippen LogP contribution in [0.3, 0.4) is 0 Å². The minimum absolute atomic E-state index is 0.214. The predicted molar refractivity (Wildman–Crippen MR) is 91.0 cm³/mol. The van der Waals surface area contributed by atoms with Crippen molar-refractivity contribution in [3.8, 4) is 0 Å². The first-order valence-electron chi connectivity index (χ1n) is 7.85. The Kier molecular flexibility index (Phi) is 4.53. The van der Waals surface area contributed by atoms with Crippen LogP contribution in [-0.4, -0.2) is 34.0 Å². The Bertz CT molecular complexity index is 835. The Morgan fingerprint density at radius 2 is 2.28 bits per heavy atom. The molecule has 1 aliphatic heterocycles. The van der Waals surface area contributed by atoms with E-state index in [1.165, 1.54) is 17.2 Å². The topological polar surface area (TPSA) is 95.7 Å². The Hall–Kier alpha value is -2.38. The molecular weight excluding hydrogens is 346 g/mol. The van der Waals surface area contributed by atoms with Gasteiger partial charge in [0, 0.05) is 28.9 Å². The molecule has 0 bridgehead atoms. The fourth-order valence-electron chi connectivity index (χ4n) is 3.02. The molecule has 0 saturated carbocycles. The van der Waals surface area contributed by atoms with Crippen molar-refractivity contribution in [3.05, 3.63) is 46.3 Å². The minimum Gasteiger partial charge on any atom is -0.375 e. The smallest absolute Gasteiger partial charge is 0.259 e. The van der Waals surface area contributed by atoms with Gasteiger partial charge in [0.25, 0.3) is 5.91 Å². The summed E-state index contributed by atoms with van der Waals surface area (Å²) in [6.07, 6.45) is 1.78. The fraction of sp³-hybridized carbons (Fsp3) is 0.353. The van der Waals surface area contributed by atoms with E-state index >= 15 is 0 Å². The van der Waals surface area contributed by atoms with Crippen molar-refractivity contribution in [3.63, 3.8) is 0 Å². The van der Waals surface area contributed by atoms with Crippen molar-refractivity contribution < 1.29 is 19.2 Å². The summed E-state index contributed by atoms with van der Waals surface area (Å²) < 4.78 is 4.94. The number of hydrogen-bond acceptors (Lipinski definition) is 5. The first-order chi connectivity index (χ1) is 11.8. The molecule has 2 aromatic rings. The van der Waals surface area contributed by atoms with Crippen LogP contribution in [0.5, 0.6) is 0 Å². The Labute approximate surface area is 149 Å². The van der Waals surface area contributed by atoms with E-state index in [2.05, 4.69) is 10.5 Å². The number of carbonyl (C=O) groups is 2. The van der Waals surface area contributed by atoms with Gasteiger partial charge in [0.2, 0.25) is 5.91 Å². The number of fused-ring (bicyclic) bond motifs is 1. The number of aryl methyl sites for hydroxylation is 1. The average molecular weight is 364 g/mol. The van der Waals surface area contributed by atoms with Crippen molar-refractivity contribution >= 4 is 29.1 Å². The summed E-state index contributed by atoms with van der Waals surface area (Å²) in [4.78, 5) is 26.3. The first-order valence-corrected chi connectivity index (χ1v) is 8.23. The summed E-state index contributed by atoms with van der Waals surface area (Å²) >= 11 is 6.01. The molecule has 2 N–H and O–H groups in total. The van der Waals surface area contributed by atoms with Gasteiger partial charge in [-0.3, -0.25) is 9.59 Å². The van der Waals surface area contributed by atoms with Gasteiger partial charge in [-0.15, -0.1) is 0 Å². The standard InChI is InChI=1S/C17H18ClN3O4/c1-3-13-10(9-25-20-13)8-21(2)16(23)17(24)7-15(22)19-14-5-4-11(18)6-12(14)17/h4-6,9,24H,3,7-8H2,1-2H3,(H,19,22). The highest BCUT2D eigenvalue weighted by atomic mass is 35.5. The summed E-state index contributed by atoms with van der Waals surface area (Å²) in [7, 11) is 1.56. The Balaban J connectivity index is 1.93. The number of nitrogens with one attached hydrogen (secondary N) is 1. The molecule has 0 fully saturated rings. The van der Waals surface area contributed by atoms with Crippen molar-refractivity contribution in [2.45, 2.75) is 31.9 Å². The van der Waals surface area contributed by atoms with Gasteiger partial charge >= 0.3 is 0 Å². The molecule has 1 aliphatic rings. The summed E-state index contributed by atoms with van der Waals surface area (Å²) in [5.41, 5.74) is 0.201. The van der Waals surface area contributed by atoms with Crippen LogP contribution in [0.2, 0.25) is 5.02 Å². The fourth-order valence-corrected chi connectivity index (χ4v) is 3.20. The molecule has 25 heavy (non-hydrogen) atoms. The summed E-state index contributed by atoms with van der Waals surface area (Å²) in [5.74, 6) is -1.02. The average Bonchev–Trinajstić information content (AvgIpc) is 3.02. The molecule has 3 rings (SSSR count). The summed E-state index contributed by atoms with van der Waals surface area (Å²) in [6, 6.07) is 4.66. The zero-order valence-corrected chi connectivity index (χ0v) is 14.6. The maximum Gasteiger partial charge on any atom is 0.259 e. The highest BCUT2D eigenvalue weighted by Gasteiger charge is 2.46. The lowest BCUT2D eigenvalue weighted by Crippen LogP contribution is -2.49. The molecule has 7 nitrogen and oxygen atoms in total. The molecule has 1 aromatic carbocycles. The molecule has 2 heterocycles. The largest absolute Gasteiger partial charge is 0.375 e. The van der Waals surface area contributed by atoms with Crippen LogP contribution in [0.4, 0.5) is 5.69 Å². The molecule has 0 spiro atoms. The van der Waals surface area contributed by atoms with E-state index in [4.69, 9.17) is 16.1 Å². The number of nitrogens with zero attached hydrogens (tertiary/aromatic N) is 2. The third kappa shape index (κ3) is 3.12. The first kappa shape index (κ1) is 17.4. The third-order valence-electron chi connectivity index (χ3n) is 4.29. The number of aromatic nitrogens is 1. The van der Waals surface area contributed by atoms with Crippen molar-refractivity contribution in [2.24, 2.45) is 0 Å². The van der Waals surface area contributed by atoms with E-state index < -0.39 is 17.4 Å². The number of halogens is 1. The Morgan fingerprint density at radius 1 is 1.52 bits per heavy atom. The molecular formula is C17H18ClN3O4. The monoisotopic (exact) mass is 363 g/mol. The molecule has 0 saturated heterocycles. The number of aliphatic hydroxyl groups is 1. The maximum atomic E-state index is 13.0. The quantitative estimate of drug-likeness (QED) is 0.867. The molecule has 132 valence electrons. The number of carbonyl (C=O) groups excluding carboxylic acids is 2. The molecule has 1 atom stereocenters. The van der Waals surface area contributed by atoms with Crippen LogP contribution in [-0.2, 0) is 28.2 Å². The van der Waals surface area contributed by atoms with Crippen LogP contribution in [0.15, 0.2) is 29.0 Å². The van der Waals surface area contributed by atoms with Crippen molar-refractivity contribution in [1.29, 1.82) is 0 Å². The van der Waals surface area contributed by atoms with Gasteiger partial charge in [0.05, 0.1) is 18.7 Å². The molecule has 8 heteroatoms. The molecule has 2 amide bonds. The second-order valence-corrected chi connectivity index (χ2v) is 6.51. The Morgan fingerprint density at radius 3 is 3.00 bits per heavy atom. The van der Waals surface area contributed by atoms with E-state index in [9.17, 15) is 14.7 Å². The van der Waals surface area contributed by atoms with Crippen LogP contribution < -0.4 is 5.32 Å². The number of anilines is 1. The molecule has 0 aliphatic carbocycles. The van der Waals surface area contributed by atoms with Gasteiger partial charge in [-0.2, -0.15) is 0 Å². The SMILES string of the molecule is CCc1nocc1CN(C)C(=O)C1(O)CC(=O)Nc2ccc(Cl)cc21. The van der Waals surface area contributed by atoms with Gasteiger partial charge < -0.3 is 19.8 Å². The van der Waals surface area contributed by atoms with Crippen molar-refractivity contribution in [1.82, 2.24) is 10.1 Å². The van der Waals surface area contributed by atoms with E-state index in [1.807, 2.05) is 6.92 Å². The van der Waals surface area contributed by atoms with Gasteiger partial charge in [-0.05, 0) is 24.6 Å². The molecule has 1 unspecified atom stereocenters. The summed E-state index contributed by atoms with van der Waals surface area (Å²) in [6.45, 7) is 2.14. The van der Waals surface area contributed by atoms with Gasteiger partial charge in [0.1, 0.15) is 6.26 Å². The summed E-state index contributed by atoms with van der Waals surface area (Å²) in [5, 5.41) is 18.0. The van der Waals surface area contributed by atoms with E-state index in [-0.39, 0.29) is 18.5 Å². The lowest BCUT2D eigenvalue weighted by atomic mass is 9.84. The number of rotatable bonds is 4. The highest BCUT2D eigenvalue weighted by Crippen LogP contribution is 2.38. The zero-order chi connectivity index (χ0) is 18.2. The second kappa shape index (κ2) is 6.50. The van der Waals surface area contributed by atoms with Gasteiger partial charge in [0.15, 0.2) is 5.60 Å². The van der Waals surface area contributed by atoms with Gasteiger partial charge in [-0.1, -0.05) is 23.7 Å². The van der Waals surface area contributed by atoms with Crippen LogP contribution in [0.25, 0.3) is 0 Å². The number of hydrogen-bond donors (Lipinski definition) is 2. The lowest BCUT2D eigenvalue weighted by Gasteiger charge is -2.35. The van der Waals surface area contributed by atoms with E-state index in [0.717, 1.165) is 11.3 Å². The highest BCUT2D eigenvalue weighted by molar-refractivity contribution is 6.30. The van der Waals surface area contributed by atoms with E-state index in [0.29, 0.717) is 17.1 Å². The number of benzene rings is 1. The van der Waals surface area contributed by atoms with Crippen LogP contribution >= 0.6 is 11.6 Å². The zero-order valence-electron chi connectivity index (χ0n) is 13.9. The molecule has 0 radical (unpaired) electrons. The van der Waals surface area contributed by atoms with Crippen LogP contribution in [0.1, 0.15) is 30.2 Å². The molecule has 1 aromatic heterocycles. The third-order valence-corrected chi connectivity index (χ3v) is 4.52. The maximum absolute atomic E-state index is 13.0. The van der Waals surface area contributed by atoms with Crippen LogP contribution in [0, 0.1) is 0 Å². The van der Waals surface area contributed by atoms with Crippen molar-refractivity contribution in [2.75, 3.05) is 12.4 Å².